The van der Waals surface area contributed by atoms with Crippen molar-refractivity contribution in [3.8, 4) is 5.75 Å². The fourth-order valence-electron chi connectivity index (χ4n) is 5.85. The van der Waals surface area contributed by atoms with Crippen LogP contribution in [-0.4, -0.2) is 25.3 Å². The molecule has 0 saturated heterocycles. The van der Waals surface area contributed by atoms with Crippen LogP contribution in [0.5, 0.6) is 5.75 Å². The standard InChI is InChI=1S/C37H53ClN2O2.BrH/c1-5-6-7-8-9-10-11-12-13-14-15-16-23-42-36-22-19-33(24-35(36)38)28-40(31(3)41)34-20-17-32(18-21-34)26-37(4)25-30(2)27-39-29-37;/h17-22,24-25,27H,5-16,23,26,28-29H2,1-4H3;1H. The largest absolute Gasteiger partial charge is 0.492 e. The second-order valence-electron chi connectivity index (χ2n) is 12.5. The van der Waals surface area contributed by atoms with E-state index in [0.717, 1.165) is 30.6 Å². The van der Waals surface area contributed by atoms with Gasteiger partial charge in [0, 0.05) is 30.8 Å². The van der Waals surface area contributed by atoms with E-state index < -0.39 is 0 Å². The number of ether oxygens (including phenoxy) is 1. The van der Waals surface area contributed by atoms with E-state index >= 15 is 0 Å². The van der Waals surface area contributed by atoms with Crippen molar-refractivity contribution in [1.29, 1.82) is 0 Å². The fraction of sp³-hybridized carbons (Fsp3) is 0.568. The summed E-state index contributed by atoms with van der Waals surface area (Å²) in [7, 11) is 0. The fourth-order valence-corrected chi connectivity index (χ4v) is 6.11. The molecule has 0 N–H and O–H groups in total. The molecule has 3 rings (SSSR count). The first-order chi connectivity index (χ1) is 20.3. The molecule has 0 aliphatic carbocycles. The normalized spacial score (nSPS) is 16.0. The van der Waals surface area contributed by atoms with Gasteiger partial charge < -0.3 is 9.64 Å². The van der Waals surface area contributed by atoms with Gasteiger partial charge in [0.15, 0.2) is 0 Å². The lowest BCUT2D eigenvalue weighted by atomic mass is 9.81. The van der Waals surface area contributed by atoms with E-state index in [1.54, 1.807) is 11.8 Å². The summed E-state index contributed by atoms with van der Waals surface area (Å²) >= 11 is 6.58. The zero-order valence-electron chi connectivity index (χ0n) is 27.0. The number of hydrogen-bond acceptors (Lipinski definition) is 3. The molecule has 2 aromatic carbocycles. The molecule has 1 heterocycles. The molecule has 4 nitrogen and oxygen atoms in total. The van der Waals surface area contributed by atoms with Gasteiger partial charge in [-0.15, -0.1) is 17.0 Å². The summed E-state index contributed by atoms with van der Waals surface area (Å²) in [6, 6.07) is 14.2. The van der Waals surface area contributed by atoms with Crippen LogP contribution >= 0.6 is 28.6 Å². The zero-order chi connectivity index (χ0) is 30.2. The number of unbranched alkanes of at least 4 members (excludes halogenated alkanes) is 11. The molecule has 43 heavy (non-hydrogen) atoms. The molecule has 1 aliphatic rings. The Morgan fingerprint density at radius 1 is 0.907 bits per heavy atom. The van der Waals surface area contributed by atoms with Crippen LogP contribution < -0.4 is 9.64 Å². The number of hydrogen-bond donors (Lipinski definition) is 0. The van der Waals surface area contributed by atoms with Crippen molar-refractivity contribution in [2.75, 3.05) is 18.1 Å². The van der Waals surface area contributed by atoms with Crippen LogP contribution in [0.25, 0.3) is 0 Å². The van der Waals surface area contributed by atoms with Gasteiger partial charge in [-0.05, 0) is 60.7 Å². The summed E-state index contributed by atoms with van der Waals surface area (Å²) in [5, 5.41) is 0.594. The summed E-state index contributed by atoms with van der Waals surface area (Å²) in [4.78, 5) is 18.9. The number of amides is 1. The Labute approximate surface area is 277 Å². The summed E-state index contributed by atoms with van der Waals surface area (Å²) in [6.45, 7) is 10.2. The smallest absolute Gasteiger partial charge is 0.224 e. The SMILES string of the molecule is Br.CCCCCCCCCCCCCCOc1ccc(CN(C(C)=O)c2ccc(CC3(C)C=C(C)C=NC3)cc2)cc1Cl. The number of anilines is 1. The molecule has 0 fully saturated rings. The average molecular weight is 674 g/mol. The van der Waals surface area contributed by atoms with Crippen molar-refractivity contribution >= 4 is 46.4 Å². The predicted octanol–water partition coefficient (Wildman–Crippen LogP) is 11.1. The maximum absolute atomic E-state index is 12.6. The molecule has 0 spiro atoms. The molecular weight excluding hydrogens is 620 g/mol. The van der Waals surface area contributed by atoms with E-state index in [-0.39, 0.29) is 28.3 Å². The van der Waals surface area contributed by atoms with Gasteiger partial charge in [-0.1, -0.05) is 120 Å². The van der Waals surface area contributed by atoms with Crippen molar-refractivity contribution in [2.24, 2.45) is 10.4 Å². The second-order valence-corrected chi connectivity index (χ2v) is 12.9. The molecule has 6 heteroatoms. The number of rotatable bonds is 19. The number of nitrogens with zero attached hydrogens (tertiary/aromatic N) is 2. The van der Waals surface area contributed by atoms with Crippen LogP contribution in [0, 0.1) is 5.41 Å². The van der Waals surface area contributed by atoms with Gasteiger partial charge in [-0.2, -0.15) is 0 Å². The highest BCUT2D eigenvalue weighted by atomic mass is 79.9. The van der Waals surface area contributed by atoms with Crippen LogP contribution in [-0.2, 0) is 17.8 Å². The van der Waals surface area contributed by atoms with E-state index in [9.17, 15) is 4.79 Å². The Kier molecular flexibility index (Phi) is 17.3. The third-order valence-corrected chi connectivity index (χ3v) is 8.45. The molecule has 2 aromatic rings. The predicted molar refractivity (Wildman–Crippen MR) is 191 cm³/mol. The van der Waals surface area contributed by atoms with Crippen molar-refractivity contribution < 1.29 is 9.53 Å². The van der Waals surface area contributed by atoms with Crippen LogP contribution in [0.15, 0.2) is 59.1 Å². The Morgan fingerprint density at radius 2 is 1.49 bits per heavy atom. The van der Waals surface area contributed by atoms with Gasteiger partial charge in [0.25, 0.3) is 0 Å². The summed E-state index contributed by atoms with van der Waals surface area (Å²) in [5.74, 6) is 0.713. The Hall–Kier alpha value is -2.11. The van der Waals surface area contributed by atoms with Gasteiger partial charge in [-0.3, -0.25) is 9.79 Å². The monoisotopic (exact) mass is 672 g/mol. The number of benzene rings is 2. The topological polar surface area (TPSA) is 41.9 Å². The van der Waals surface area contributed by atoms with Crippen LogP contribution in [0.2, 0.25) is 5.02 Å². The van der Waals surface area contributed by atoms with Crippen molar-refractivity contribution in [3.63, 3.8) is 0 Å². The van der Waals surface area contributed by atoms with Crippen LogP contribution in [0.1, 0.15) is 116 Å². The second kappa shape index (κ2) is 20.0. The minimum absolute atomic E-state index is 0. The van der Waals surface area contributed by atoms with E-state index in [4.69, 9.17) is 16.3 Å². The Morgan fingerprint density at radius 3 is 2.05 bits per heavy atom. The maximum Gasteiger partial charge on any atom is 0.224 e. The van der Waals surface area contributed by atoms with E-state index in [0.29, 0.717) is 23.9 Å². The molecular formula is C37H54BrClN2O2. The van der Waals surface area contributed by atoms with E-state index in [1.165, 1.54) is 81.8 Å². The number of aliphatic imine (C=N–C) groups is 1. The highest BCUT2D eigenvalue weighted by Gasteiger charge is 2.24. The van der Waals surface area contributed by atoms with Gasteiger partial charge in [0.1, 0.15) is 5.75 Å². The van der Waals surface area contributed by atoms with Gasteiger partial charge in [0.2, 0.25) is 5.91 Å². The third kappa shape index (κ3) is 13.6. The molecule has 1 aliphatic heterocycles. The minimum Gasteiger partial charge on any atom is -0.492 e. The van der Waals surface area contributed by atoms with Gasteiger partial charge in [-0.25, -0.2) is 0 Å². The van der Waals surface area contributed by atoms with Crippen molar-refractivity contribution in [3.05, 3.63) is 70.3 Å². The quantitative estimate of drug-likeness (QED) is 0.139. The number of dihydropyridines is 1. The number of carbonyl (C=O) groups excluding carboxylic acids is 1. The molecule has 0 radical (unpaired) electrons. The van der Waals surface area contributed by atoms with Crippen LogP contribution in [0.4, 0.5) is 5.69 Å². The average Bonchev–Trinajstić information content (AvgIpc) is 2.95. The molecule has 1 amide bonds. The minimum atomic E-state index is -0.00156. The number of allylic oxidation sites excluding steroid dienone is 1. The van der Waals surface area contributed by atoms with E-state index in [2.05, 4.69) is 44.0 Å². The number of carbonyl (C=O) groups is 1. The first-order valence-electron chi connectivity index (χ1n) is 16.3. The molecule has 0 saturated carbocycles. The number of halogens is 2. The zero-order valence-corrected chi connectivity index (χ0v) is 29.5. The molecule has 238 valence electrons. The van der Waals surface area contributed by atoms with E-state index in [1.807, 2.05) is 36.5 Å². The van der Waals surface area contributed by atoms with Crippen molar-refractivity contribution in [2.45, 2.75) is 118 Å². The molecule has 1 atom stereocenters. The Bertz CT molecular complexity index is 1160. The Balaban J connectivity index is 0.00000645. The maximum atomic E-state index is 12.6. The van der Waals surface area contributed by atoms with Crippen LogP contribution in [0.3, 0.4) is 0 Å². The summed E-state index contributed by atoms with van der Waals surface area (Å²) in [5.41, 5.74) is 4.33. The molecule has 1 unspecified atom stereocenters. The summed E-state index contributed by atoms with van der Waals surface area (Å²) in [6.07, 6.45) is 21.1. The highest BCUT2D eigenvalue weighted by molar-refractivity contribution is 8.93. The first-order valence-corrected chi connectivity index (χ1v) is 16.6. The molecule has 0 aromatic heterocycles. The molecule has 0 bridgehead atoms. The van der Waals surface area contributed by atoms with Gasteiger partial charge >= 0.3 is 0 Å². The summed E-state index contributed by atoms with van der Waals surface area (Å²) < 4.78 is 5.99. The third-order valence-electron chi connectivity index (χ3n) is 8.15. The first kappa shape index (κ1) is 37.1. The lowest BCUT2D eigenvalue weighted by Crippen LogP contribution is -2.28. The lowest BCUT2D eigenvalue weighted by Gasteiger charge is -2.28. The highest BCUT2D eigenvalue weighted by Crippen LogP contribution is 2.31. The lowest BCUT2D eigenvalue weighted by molar-refractivity contribution is -0.116. The van der Waals surface area contributed by atoms with Crippen molar-refractivity contribution in [1.82, 2.24) is 0 Å². The van der Waals surface area contributed by atoms with Gasteiger partial charge in [0.05, 0.1) is 18.2 Å².